The number of carbonyl (C=O) groups excluding carboxylic acids is 1. The van der Waals surface area contributed by atoms with Gasteiger partial charge in [-0.15, -0.1) is 0 Å². The lowest BCUT2D eigenvalue weighted by molar-refractivity contribution is -0.219. The molecule has 2 aliphatic rings. The lowest BCUT2D eigenvalue weighted by Gasteiger charge is -2.52. The molecule has 0 aliphatic carbocycles. The van der Waals surface area contributed by atoms with Gasteiger partial charge < -0.3 is 14.2 Å². The molecule has 2 aromatic rings. The van der Waals surface area contributed by atoms with Crippen LogP contribution in [0.3, 0.4) is 0 Å². The van der Waals surface area contributed by atoms with Gasteiger partial charge in [-0.3, -0.25) is 10.2 Å². The van der Waals surface area contributed by atoms with Crippen molar-refractivity contribution in [3.05, 3.63) is 64.7 Å². The Morgan fingerprint density at radius 3 is 2.42 bits per heavy atom. The maximum absolute atomic E-state index is 13.8. The summed E-state index contributed by atoms with van der Waals surface area (Å²) in [7, 11) is 3.25. The minimum Gasteiger partial charge on any atom is -0.496 e. The number of hydrogen-bond acceptors (Lipinski definition) is 5. The molecular weight excluding hydrogens is 473 g/mol. The minimum atomic E-state index is -4.54. The number of nitrogens with one attached hydrogen (secondary N) is 1. The molecule has 36 heavy (non-hydrogen) atoms. The predicted molar refractivity (Wildman–Crippen MR) is 129 cm³/mol. The zero-order valence-corrected chi connectivity index (χ0v) is 21.2. The van der Waals surface area contributed by atoms with Crippen molar-refractivity contribution in [2.45, 2.75) is 69.7 Å². The fourth-order valence-electron chi connectivity index (χ4n) is 5.47. The number of ether oxygens (including phenoxy) is 3. The summed E-state index contributed by atoms with van der Waals surface area (Å²) in [5.74, 6) is 0.0349. The summed E-state index contributed by atoms with van der Waals surface area (Å²) >= 11 is 0. The van der Waals surface area contributed by atoms with Gasteiger partial charge in [-0.05, 0) is 69.5 Å². The largest absolute Gasteiger partial charge is 0.496 e. The Balaban J connectivity index is 1.91. The van der Waals surface area contributed by atoms with E-state index in [1.165, 1.54) is 7.11 Å². The monoisotopic (exact) mass is 506 g/mol. The van der Waals surface area contributed by atoms with Crippen LogP contribution >= 0.6 is 0 Å². The van der Waals surface area contributed by atoms with Gasteiger partial charge in [-0.25, -0.2) is 4.79 Å². The summed E-state index contributed by atoms with van der Waals surface area (Å²) in [4.78, 5) is 15.2. The molecule has 0 bridgehead atoms. The van der Waals surface area contributed by atoms with Crippen LogP contribution in [0.15, 0.2) is 42.5 Å². The molecule has 0 spiro atoms. The third-order valence-electron chi connectivity index (χ3n) is 6.87. The van der Waals surface area contributed by atoms with Crippen molar-refractivity contribution in [3.63, 3.8) is 0 Å². The Hall–Kier alpha value is -2.78. The van der Waals surface area contributed by atoms with E-state index in [2.05, 4.69) is 5.32 Å². The van der Waals surface area contributed by atoms with Gasteiger partial charge in [0, 0.05) is 18.0 Å². The molecule has 1 N–H and O–H groups in total. The van der Waals surface area contributed by atoms with Crippen LogP contribution in [-0.2, 0) is 21.7 Å². The van der Waals surface area contributed by atoms with Crippen molar-refractivity contribution in [2.24, 2.45) is 0 Å². The summed E-state index contributed by atoms with van der Waals surface area (Å²) in [6.07, 6.45) is -5.78. The topological polar surface area (TPSA) is 60.0 Å². The van der Waals surface area contributed by atoms with Crippen molar-refractivity contribution in [3.8, 4) is 5.75 Å². The second-order valence-corrected chi connectivity index (χ2v) is 10.2. The van der Waals surface area contributed by atoms with Crippen LogP contribution in [0.25, 0.3) is 0 Å². The Labute approximate surface area is 209 Å². The first-order valence-corrected chi connectivity index (χ1v) is 12.1. The molecule has 2 aromatic carbocycles. The smallest absolute Gasteiger partial charge is 0.418 e. The van der Waals surface area contributed by atoms with Crippen LogP contribution in [0.5, 0.6) is 5.75 Å². The van der Waals surface area contributed by atoms with Gasteiger partial charge >= 0.3 is 12.3 Å². The molecule has 0 aromatic heterocycles. The van der Waals surface area contributed by atoms with E-state index in [0.717, 1.165) is 5.56 Å². The predicted octanol–water partition coefficient (Wildman–Crippen LogP) is 6.02. The molecule has 1 amide bonds. The van der Waals surface area contributed by atoms with Crippen LogP contribution < -0.4 is 10.1 Å². The fourth-order valence-corrected chi connectivity index (χ4v) is 5.47. The van der Waals surface area contributed by atoms with Crippen LogP contribution in [0.2, 0.25) is 0 Å². The number of benzene rings is 2. The quantitative estimate of drug-likeness (QED) is 0.550. The first-order valence-electron chi connectivity index (χ1n) is 12.1. The highest BCUT2D eigenvalue weighted by Crippen LogP contribution is 2.51. The Bertz CT molecular complexity index is 1100. The highest BCUT2D eigenvalue weighted by molar-refractivity contribution is 5.70. The number of methoxy groups -OCH3 is 1. The molecule has 0 saturated carbocycles. The molecule has 2 aliphatic heterocycles. The number of fused-ring (bicyclic) bond motifs is 1. The molecule has 6 nitrogen and oxygen atoms in total. The first-order chi connectivity index (χ1) is 16.9. The number of halogens is 3. The van der Waals surface area contributed by atoms with Crippen molar-refractivity contribution in [1.29, 1.82) is 0 Å². The van der Waals surface area contributed by atoms with E-state index in [1.807, 2.05) is 30.3 Å². The molecule has 196 valence electrons. The highest BCUT2D eigenvalue weighted by atomic mass is 19.4. The zero-order valence-electron chi connectivity index (χ0n) is 21.2. The van der Waals surface area contributed by atoms with E-state index in [4.69, 9.17) is 14.2 Å². The molecular formula is C27H33F3N2O4. The lowest BCUT2D eigenvalue weighted by atomic mass is 9.73. The van der Waals surface area contributed by atoms with Gasteiger partial charge in [0.1, 0.15) is 17.0 Å². The van der Waals surface area contributed by atoms with Gasteiger partial charge in [-0.2, -0.15) is 13.2 Å². The van der Waals surface area contributed by atoms with Gasteiger partial charge in [0.15, 0.2) is 6.10 Å². The summed E-state index contributed by atoms with van der Waals surface area (Å²) < 4.78 is 57.9. The van der Waals surface area contributed by atoms with Crippen molar-refractivity contribution in [2.75, 3.05) is 20.7 Å². The van der Waals surface area contributed by atoms with Crippen LogP contribution in [-0.4, -0.2) is 43.5 Å². The molecule has 1 unspecified atom stereocenters. The van der Waals surface area contributed by atoms with Gasteiger partial charge in [0.25, 0.3) is 0 Å². The average Bonchev–Trinajstić information content (AvgIpc) is 3.25. The van der Waals surface area contributed by atoms with E-state index >= 15 is 0 Å². The molecule has 9 heteroatoms. The van der Waals surface area contributed by atoms with Gasteiger partial charge in [0.05, 0.1) is 13.7 Å². The summed E-state index contributed by atoms with van der Waals surface area (Å²) in [5, 5.41) is 3.38. The van der Waals surface area contributed by atoms with E-state index in [9.17, 15) is 18.0 Å². The number of alkyl halides is 3. The Morgan fingerprint density at radius 1 is 1.14 bits per heavy atom. The number of likely N-dealkylation sites (N-methyl/N-ethyl adjacent to an activating group) is 1. The number of carbonyl (C=O) groups is 1. The normalized spacial score (nSPS) is 24.4. The van der Waals surface area contributed by atoms with Gasteiger partial charge in [-0.1, -0.05) is 30.3 Å². The second-order valence-electron chi connectivity index (χ2n) is 10.2. The zero-order chi connectivity index (χ0) is 26.3. The molecule has 0 radical (unpaired) electrons. The summed E-state index contributed by atoms with van der Waals surface area (Å²) in [6.45, 7) is 5.69. The van der Waals surface area contributed by atoms with E-state index in [1.54, 1.807) is 44.9 Å². The number of amides is 1. The fraction of sp³-hybridized carbons (Fsp3) is 0.519. The minimum absolute atomic E-state index is 0.0887. The summed E-state index contributed by atoms with van der Waals surface area (Å²) in [5.41, 5.74) is 0.120. The third-order valence-corrected chi connectivity index (χ3v) is 6.87. The number of nitrogens with zero attached hydrogens (tertiary/aromatic N) is 1. The molecule has 2 heterocycles. The number of likely N-dealkylation sites (tertiary alicyclic amines) is 1. The molecule has 1 fully saturated rings. The lowest BCUT2D eigenvalue weighted by Crippen LogP contribution is -2.63. The SMILES string of the molecule is CN[C@@]1(c2ccccc2)[C@H](c2cc3c(cc2OC)COC3C(F)(F)F)CCCN1C(=O)OC(C)(C)C. The van der Waals surface area contributed by atoms with E-state index < -0.39 is 35.6 Å². The number of hydrogen-bond donors (Lipinski definition) is 1. The number of piperidine rings is 1. The number of rotatable bonds is 4. The molecule has 3 atom stereocenters. The van der Waals surface area contributed by atoms with Crippen molar-refractivity contribution < 1.29 is 32.2 Å². The van der Waals surface area contributed by atoms with Gasteiger partial charge in [0.2, 0.25) is 0 Å². The van der Waals surface area contributed by atoms with Crippen molar-refractivity contribution in [1.82, 2.24) is 10.2 Å². The Kier molecular flexibility index (Phi) is 7.00. The van der Waals surface area contributed by atoms with Crippen LogP contribution in [0.1, 0.15) is 67.9 Å². The molecule has 1 saturated heterocycles. The van der Waals surface area contributed by atoms with E-state index in [0.29, 0.717) is 36.3 Å². The summed E-state index contributed by atoms with van der Waals surface area (Å²) in [6, 6.07) is 12.6. The highest BCUT2D eigenvalue weighted by Gasteiger charge is 2.52. The standard InChI is InChI=1S/C27H33F3N2O4/c1-25(2,3)36-24(33)32-13-9-12-21(26(32,31-4)18-10-7-6-8-11-18)20-15-19-17(14-22(20)34-5)16-35-23(19)27(28,29)30/h6-8,10-11,14-15,21,23,31H,9,12-13,16H2,1-5H3/t21-,23?,26+/m0/s1. The van der Waals surface area contributed by atoms with Crippen molar-refractivity contribution >= 4 is 6.09 Å². The Morgan fingerprint density at radius 2 is 1.83 bits per heavy atom. The first kappa shape index (κ1) is 26.3. The maximum atomic E-state index is 13.8. The average molecular weight is 507 g/mol. The third kappa shape index (κ3) is 4.66. The van der Waals surface area contributed by atoms with E-state index in [-0.39, 0.29) is 12.2 Å². The maximum Gasteiger partial charge on any atom is 0.418 e. The van der Waals surface area contributed by atoms with Crippen LogP contribution in [0, 0.1) is 0 Å². The molecule has 4 rings (SSSR count). The second kappa shape index (κ2) is 9.59. The van der Waals surface area contributed by atoms with Crippen LogP contribution in [0.4, 0.5) is 18.0 Å².